The van der Waals surface area contributed by atoms with Gasteiger partial charge in [-0.2, -0.15) is 27.8 Å². The number of alkyl halides is 4. The highest BCUT2D eigenvalue weighted by Gasteiger charge is 2.51. The van der Waals surface area contributed by atoms with Crippen molar-refractivity contribution in [3.63, 3.8) is 0 Å². The van der Waals surface area contributed by atoms with Gasteiger partial charge in [-0.15, -0.1) is 0 Å². The number of carbonyl (C=O) groups excluding carboxylic acids is 2. The van der Waals surface area contributed by atoms with E-state index in [1.165, 1.54) is 49.4 Å². The standard InChI is InChI=1S/C15H10BrF2N3O3.C13H16BBrF2O3.C8H7N3O2/c1-23-14(22)12-11-3-2-4-19-13(11)21(20-12)9-5-8(16)6-10(7-9)24-15(17)18;1-12(2)13(3,4)20-14(19-12)8-5-9(15)7-10(6-8)18-11(16)17;1-13-8(12)6-5-3-2-4-9-7(5)11-10-6/h2-7,15H,1H3;5-7,11H,1-4H3;2-4H,1H3,(H,9,10,11). The molecule has 1 aliphatic heterocycles. The van der Waals surface area contributed by atoms with Gasteiger partial charge < -0.3 is 28.3 Å². The molecule has 1 N–H and O–H groups in total. The van der Waals surface area contributed by atoms with Gasteiger partial charge in [-0.25, -0.2) is 24.2 Å². The number of methoxy groups -OCH3 is 2. The van der Waals surface area contributed by atoms with Crippen molar-refractivity contribution in [2.45, 2.75) is 52.1 Å². The molecule has 57 heavy (non-hydrogen) atoms. The largest absolute Gasteiger partial charge is 0.495 e. The van der Waals surface area contributed by atoms with E-state index in [2.05, 4.69) is 71.3 Å². The Morgan fingerprint density at radius 2 is 1.35 bits per heavy atom. The number of hydrogen-bond donors (Lipinski definition) is 1. The van der Waals surface area contributed by atoms with Gasteiger partial charge in [-0.05, 0) is 87.8 Å². The number of aromatic amines is 1. The minimum absolute atomic E-state index is 0.0476. The molecule has 1 saturated heterocycles. The number of benzene rings is 2. The van der Waals surface area contributed by atoms with Crippen molar-refractivity contribution in [3.8, 4) is 17.2 Å². The number of pyridine rings is 2. The van der Waals surface area contributed by atoms with Gasteiger partial charge in [0, 0.05) is 27.4 Å². The van der Waals surface area contributed by atoms with Crippen LogP contribution in [0.3, 0.4) is 0 Å². The lowest BCUT2D eigenvalue weighted by Crippen LogP contribution is -2.41. The number of H-pyrrole nitrogens is 1. The summed E-state index contributed by atoms with van der Waals surface area (Å²) in [7, 11) is 1.96. The molecule has 0 unspecified atom stereocenters. The fourth-order valence-corrected chi connectivity index (χ4v) is 6.15. The second-order valence-corrected chi connectivity index (χ2v) is 14.6. The Morgan fingerprint density at radius 1 is 0.789 bits per heavy atom. The van der Waals surface area contributed by atoms with Gasteiger partial charge in [-0.3, -0.25) is 5.10 Å². The number of hydrogen-bond acceptors (Lipinski definition) is 12. The third-order valence-electron chi connectivity index (χ3n) is 8.51. The summed E-state index contributed by atoms with van der Waals surface area (Å²) in [5, 5.41) is 11.8. The lowest BCUT2D eigenvalue weighted by molar-refractivity contribution is -0.0505. The van der Waals surface area contributed by atoms with Crippen LogP contribution in [0.1, 0.15) is 48.7 Å². The lowest BCUT2D eigenvalue weighted by Gasteiger charge is -2.32. The normalized spacial score (nSPS) is 14.2. The number of halogens is 6. The Kier molecular flexibility index (Phi) is 13.6. The van der Waals surface area contributed by atoms with Crippen molar-refractivity contribution in [3.05, 3.63) is 93.4 Å². The number of rotatable bonds is 8. The van der Waals surface area contributed by atoms with E-state index in [1.807, 2.05) is 27.7 Å². The summed E-state index contributed by atoms with van der Waals surface area (Å²) < 4.78 is 81.9. The van der Waals surface area contributed by atoms with Crippen molar-refractivity contribution >= 4 is 78.4 Å². The van der Waals surface area contributed by atoms with E-state index in [-0.39, 0.29) is 17.2 Å². The van der Waals surface area contributed by atoms with E-state index in [0.717, 1.165) is 0 Å². The molecule has 0 radical (unpaired) electrons. The summed E-state index contributed by atoms with van der Waals surface area (Å²) >= 11 is 6.51. The van der Waals surface area contributed by atoms with Crippen LogP contribution >= 0.6 is 31.9 Å². The molecule has 300 valence electrons. The van der Waals surface area contributed by atoms with Crippen LogP contribution in [-0.2, 0) is 18.8 Å². The summed E-state index contributed by atoms with van der Waals surface area (Å²) in [4.78, 5) is 31.2. The van der Waals surface area contributed by atoms with Crippen molar-refractivity contribution in [1.82, 2.24) is 29.9 Å². The SMILES string of the molecule is CC1(C)OB(c2cc(Br)cc(OC(F)F)c2)OC1(C)C.COC(=O)c1[nH]nc2ncccc12.COC(=O)c1nn(-c2cc(Br)cc(OC(F)F)c2)c2ncccc12. The number of esters is 2. The van der Waals surface area contributed by atoms with Crippen LogP contribution in [0, 0.1) is 0 Å². The number of ether oxygens (including phenoxy) is 4. The summed E-state index contributed by atoms with van der Waals surface area (Å²) in [6, 6.07) is 16.0. The van der Waals surface area contributed by atoms with E-state index in [0.29, 0.717) is 47.9 Å². The van der Waals surface area contributed by atoms with Gasteiger partial charge in [0.25, 0.3) is 0 Å². The van der Waals surface area contributed by atoms with E-state index >= 15 is 0 Å². The Hall–Kier alpha value is -5.12. The number of aromatic nitrogens is 6. The van der Waals surface area contributed by atoms with E-state index < -0.39 is 43.5 Å². The van der Waals surface area contributed by atoms with E-state index in [9.17, 15) is 27.2 Å². The van der Waals surface area contributed by atoms with Crippen molar-refractivity contribution in [2.75, 3.05) is 14.2 Å². The Morgan fingerprint density at radius 3 is 1.95 bits per heavy atom. The van der Waals surface area contributed by atoms with Crippen LogP contribution in [0.25, 0.3) is 27.8 Å². The Balaban J connectivity index is 0.000000170. The van der Waals surface area contributed by atoms with Crippen LogP contribution < -0.4 is 14.9 Å². The summed E-state index contributed by atoms with van der Waals surface area (Å²) in [5.74, 6) is -1.03. The predicted octanol–water partition coefficient (Wildman–Crippen LogP) is 7.67. The van der Waals surface area contributed by atoms with Crippen molar-refractivity contribution in [2.24, 2.45) is 0 Å². The quantitative estimate of drug-likeness (QED) is 0.0903. The zero-order chi connectivity index (χ0) is 41.7. The highest BCUT2D eigenvalue weighted by atomic mass is 79.9. The molecular formula is C36H33BBr2F4N6O8. The monoisotopic (exact) mass is 922 g/mol. The van der Waals surface area contributed by atoms with Crippen molar-refractivity contribution in [1.29, 1.82) is 0 Å². The van der Waals surface area contributed by atoms with Crippen LogP contribution in [0.4, 0.5) is 17.6 Å². The highest BCUT2D eigenvalue weighted by Crippen LogP contribution is 2.37. The molecule has 0 atom stereocenters. The molecule has 2 aromatic carbocycles. The lowest BCUT2D eigenvalue weighted by atomic mass is 9.79. The smallest absolute Gasteiger partial charge is 0.464 e. The molecule has 6 aromatic rings. The van der Waals surface area contributed by atoms with Gasteiger partial charge in [0.05, 0.1) is 41.9 Å². The number of carbonyl (C=O) groups is 2. The molecule has 21 heteroatoms. The second-order valence-electron chi connectivity index (χ2n) is 12.8. The molecule has 0 bridgehead atoms. The summed E-state index contributed by atoms with van der Waals surface area (Å²) in [6.07, 6.45) is 3.15. The minimum Gasteiger partial charge on any atom is -0.464 e. The molecule has 1 aliphatic rings. The third-order valence-corrected chi connectivity index (χ3v) is 9.43. The zero-order valence-electron chi connectivity index (χ0n) is 30.9. The molecule has 7 rings (SSSR count). The van der Waals surface area contributed by atoms with Crippen LogP contribution in [0.15, 0.2) is 82.0 Å². The summed E-state index contributed by atoms with van der Waals surface area (Å²) in [5.41, 5.74) is 1.39. The average Bonchev–Trinajstić information content (AvgIpc) is 3.82. The molecule has 14 nitrogen and oxygen atoms in total. The topological polar surface area (TPSA) is 162 Å². The highest BCUT2D eigenvalue weighted by molar-refractivity contribution is 9.10. The molecule has 5 heterocycles. The first kappa shape index (κ1) is 43.0. The Bertz CT molecular complexity index is 2370. The maximum Gasteiger partial charge on any atom is 0.495 e. The van der Waals surface area contributed by atoms with Gasteiger partial charge in [0.1, 0.15) is 11.5 Å². The predicted molar refractivity (Wildman–Crippen MR) is 206 cm³/mol. The van der Waals surface area contributed by atoms with Gasteiger partial charge in [0.2, 0.25) is 0 Å². The first-order valence-corrected chi connectivity index (χ1v) is 18.2. The fourth-order valence-electron chi connectivity index (χ4n) is 5.20. The van der Waals surface area contributed by atoms with Crippen LogP contribution in [0.2, 0.25) is 0 Å². The fraction of sp³-hybridized carbons (Fsp3) is 0.278. The Labute approximate surface area is 339 Å². The van der Waals surface area contributed by atoms with Crippen LogP contribution in [-0.4, -0.2) is 87.6 Å². The first-order chi connectivity index (χ1) is 26.9. The maximum atomic E-state index is 12.5. The van der Waals surface area contributed by atoms with Crippen LogP contribution in [0.5, 0.6) is 11.5 Å². The third kappa shape index (κ3) is 10.3. The number of fused-ring (bicyclic) bond motifs is 2. The van der Waals surface area contributed by atoms with Gasteiger partial charge in [0.15, 0.2) is 22.7 Å². The number of nitrogens with zero attached hydrogens (tertiary/aromatic N) is 5. The maximum absolute atomic E-state index is 12.5. The van der Waals surface area contributed by atoms with Gasteiger partial charge in [-0.1, -0.05) is 31.9 Å². The van der Waals surface area contributed by atoms with Crippen molar-refractivity contribution < 1.29 is 55.4 Å². The molecule has 0 saturated carbocycles. The zero-order valence-corrected chi connectivity index (χ0v) is 34.1. The molecular weight excluding hydrogens is 891 g/mol. The minimum atomic E-state index is -2.95. The molecule has 4 aromatic heterocycles. The van der Waals surface area contributed by atoms with E-state index in [4.69, 9.17) is 14.0 Å². The molecule has 0 aliphatic carbocycles. The molecule has 0 amide bonds. The second kappa shape index (κ2) is 18.0. The van der Waals surface area contributed by atoms with Gasteiger partial charge >= 0.3 is 32.3 Å². The number of nitrogens with one attached hydrogen (secondary N) is 1. The molecule has 1 fully saturated rings. The first-order valence-electron chi connectivity index (χ1n) is 16.6. The average molecular weight is 924 g/mol. The summed E-state index contributed by atoms with van der Waals surface area (Å²) in [6.45, 7) is 1.91. The van der Waals surface area contributed by atoms with E-state index in [1.54, 1.807) is 42.6 Å². The molecule has 0 spiro atoms.